The number of nitrogens with zero attached hydrogens (tertiary/aromatic N) is 2. The molecule has 0 radical (unpaired) electrons. The van der Waals surface area contributed by atoms with E-state index in [1.807, 2.05) is 121 Å². The highest BCUT2D eigenvalue weighted by molar-refractivity contribution is 5.89. The molecule has 2 N–H and O–H groups in total. The standard InChI is InChI=1S/C38H34N2O3/c1-2-28-19-21-29(22-20-28)27-43-34(25-39-23-32-15-9-17-35(37(32)41)30-11-5-3-6-12-30)26-40-24-33-16-10-18-36(38(33)42)31-13-7-4-8-14-31/h2-24,34,41-42H,1,25-27H2. The van der Waals surface area contributed by atoms with Gasteiger partial charge in [-0.15, -0.1) is 0 Å². The number of para-hydroxylation sites is 2. The van der Waals surface area contributed by atoms with Crippen molar-refractivity contribution in [3.8, 4) is 33.8 Å². The second-order valence-electron chi connectivity index (χ2n) is 10.1. The Balaban J connectivity index is 1.31. The Morgan fingerprint density at radius 1 is 0.605 bits per heavy atom. The van der Waals surface area contributed by atoms with Crippen molar-refractivity contribution in [1.82, 2.24) is 0 Å². The van der Waals surface area contributed by atoms with E-state index in [2.05, 4.69) is 16.6 Å². The molecule has 5 rings (SSSR count). The van der Waals surface area contributed by atoms with Crippen LogP contribution in [0.3, 0.4) is 0 Å². The zero-order chi connectivity index (χ0) is 29.9. The molecule has 0 unspecified atom stereocenters. The number of phenolic OH excluding ortho intramolecular Hbond substituents is 2. The van der Waals surface area contributed by atoms with Crippen LogP contribution in [0.15, 0.2) is 138 Å². The van der Waals surface area contributed by atoms with Crippen molar-refractivity contribution in [2.75, 3.05) is 13.1 Å². The summed E-state index contributed by atoms with van der Waals surface area (Å²) in [6.07, 6.45) is 4.83. The Kier molecular flexibility index (Phi) is 9.91. The number of ether oxygens (including phenoxy) is 1. The third-order valence-electron chi connectivity index (χ3n) is 7.08. The number of rotatable bonds is 12. The monoisotopic (exact) mass is 566 g/mol. The molecule has 5 nitrogen and oxygen atoms in total. The molecular formula is C38H34N2O3. The number of benzene rings is 5. The fourth-order valence-corrected chi connectivity index (χ4v) is 4.70. The number of phenols is 2. The summed E-state index contributed by atoms with van der Waals surface area (Å²) < 4.78 is 6.25. The molecule has 0 aliphatic carbocycles. The van der Waals surface area contributed by atoms with Gasteiger partial charge in [0.05, 0.1) is 25.8 Å². The average molecular weight is 567 g/mol. The molecule has 0 atom stereocenters. The summed E-state index contributed by atoms with van der Waals surface area (Å²) in [6, 6.07) is 38.8. The fourth-order valence-electron chi connectivity index (χ4n) is 4.70. The van der Waals surface area contributed by atoms with Gasteiger partial charge in [0, 0.05) is 34.7 Å². The minimum atomic E-state index is -0.328. The highest BCUT2D eigenvalue weighted by atomic mass is 16.5. The molecule has 5 aromatic carbocycles. The van der Waals surface area contributed by atoms with Crippen LogP contribution in [0.25, 0.3) is 28.3 Å². The van der Waals surface area contributed by atoms with Crippen molar-refractivity contribution in [3.63, 3.8) is 0 Å². The van der Waals surface area contributed by atoms with Gasteiger partial charge in [-0.25, -0.2) is 0 Å². The van der Waals surface area contributed by atoms with E-state index in [1.54, 1.807) is 18.5 Å². The lowest BCUT2D eigenvalue weighted by atomic mass is 10.0. The first-order valence-corrected chi connectivity index (χ1v) is 14.2. The lowest BCUT2D eigenvalue weighted by Gasteiger charge is -2.15. The van der Waals surface area contributed by atoms with Gasteiger partial charge >= 0.3 is 0 Å². The fraction of sp³-hybridized carbons (Fsp3) is 0.105. The average Bonchev–Trinajstić information content (AvgIpc) is 3.06. The summed E-state index contributed by atoms with van der Waals surface area (Å²) in [5, 5.41) is 21.8. The van der Waals surface area contributed by atoms with Crippen LogP contribution < -0.4 is 0 Å². The molecule has 0 aromatic heterocycles. The molecule has 0 aliphatic heterocycles. The van der Waals surface area contributed by atoms with E-state index in [4.69, 9.17) is 4.74 Å². The number of hydrogen-bond donors (Lipinski definition) is 2. The first kappa shape index (κ1) is 29.2. The Bertz CT molecular complexity index is 1590. The zero-order valence-electron chi connectivity index (χ0n) is 23.9. The first-order valence-electron chi connectivity index (χ1n) is 14.2. The predicted molar refractivity (Wildman–Crippen MR) is 177 cm³/mol. The van der Waals surface area contributed by atoms with E-state index in [1.165, 1.54) is 0 Å². The van der Waals surface area contributed by atoms with Crippen LogP contribution in [0, 0.1) is 0 Å². The highest BCUT2D eigenvalue weighted by Gasteiger charge is 2.11. The largest absolute Gasteiger partial charge is 0.507 e. The Labute approximate surface area is 252 Å². The molecule has 5 aromatic rings. The molecule has 0 aliphatic rings. The van der Waals surface area contributed by atoms with Crippen molar-refractivity contribution in [3.05, 3.63) is 150 Å². The Hall–Kier alpha value is -5.26. The molecular weight excluding hydrogens is 532 g/mol. The first-order chi connectivity index (χ1) is 21.1. The number of aromatic hydroxyl groups is 2. The van der Waals surface area contributed by atoms with Crippen LogP contribution in [0.5, 0.6) is 11.5 Å². The van der Waals surface area contributed by atoms with Crippen molar-refractivity contribution >= 4 is 18.5 Å². The maximum atomic E-state index is 10.9. The van der Waals surface area contributed by atoms with Gasteiger partial charge in [0.25, 0.3) is 0 Å². The summed E-state index contributed by atoms with van der Waals surface area (Å²) in [6.45, 7) is 4.89. The lowest BCUT2D eigenvalue weighted by molar-refractivity contribution is 0.0531. The molecule has 0 spiro atoms. The topological polar surface area (TPSA) is 74.4 Å². The van der Waals surface area contributed by atoms with Gasteiger partial charge in [-0.3, -0.25) is 9.98 Å². The minimum absolute atomic E-state index is 0.184. The molecule has 0 fully saturated rings. The number of aliphatic imine (C=N–C) groups is 2. The van der Waals surface area contributed by atoms with Gasteiger partial charge in [-0.1, -0.05) is 122 Å². The molecule has 0 heterocycles. The summed E-state index contributed by atoms with van der Waals surface area (Å²) in [5.74, 6) is 0.369. The van der Waals surface area contributed by atoms with Gasteiger partial charge in [-0.05, 0) is 34.4 Å². The van der Waals surface area contributed by atoms with E-state index in [-0.39, 0.29) is 17.6 Å². The van der Waals surface area contributed by atoms with E-state index in [0.717, 1.165) is 33.4 Å². The van der Waals surface area contributed by atoms with Gasteiger partial charge in [-0.2, -0.15) is 0 Å². The SMILES string of the molecule is C=Cc1ccc(COC(CN=Cc2cccc(-c3ccccc3)c2O)CN=Cc2cccc(-c3ccccc3)c2O)cc1. The smallest absolute Gasteiger partial charge is 0.132 e. The quantitative estimate of drug-likeness (QED) is 0.150. The molecule has 0 amide bonds. The summed E-state index contributed by atoms with van der Waals surface area (Å²) in [4.78, 5) is 9.26. The van der Waals surface area contributed by atoms with Gasteiger partial charge < -0.3 is 14.9 Å². The van der Waals surface area contributed by atoms with Crippen LogP contribution in [0.2, 0.25) is 0 Å². The maximum Gasteiger partial charge on any atom is 0.132 e. The van der Waals surface area contributed by atoms with Gasteiger partial charge in [0.2, 0.25) is 0 Å². The van der Waals surface area contributed by atoms with E-state index < -0.39 is 0 Å². The predicted octanol–water partition coefficient (Wildman–Crippen LogP) is 8.20. The third-order valence-corrected chi connectivity index (χ3v) is 7.08. The second-order valence-corrected chi connectivity index (χ2v) is 10.1. The number of hydrogen-bond acceptors (Lipinski definition) is 5. The van der Waals surface area contributed by atoms with Crippen LogP contribution in [0.1, 0.15) is 22.3 Å². The molecule has 0 bridgehead atoms. The summed E-state index contributed by atoms with van der Waals surface area (Å²) >= 11 is 0. The van der Waals surface area contributed by atoms with E-state index >= 15 is 0 Å². The summed E-state index contributed by atoms with van der Waals surface area (Å²) in [7, 11) is 0. The molecule has 43 heavy (non-hydrogen) atoms. The molecule has 0 saturated carbocycles. The molecule has 0 saturated heterocycles. The van der Waals surface area contributed by atoms with Crippen LogP contribution in [-0.4, -0.2) is 41.8 Å². The van der Waals surface area contributed by atoms with Crippen molar-refractivity contribution in [2.24, 2.45) is 9.98 Å². The van der Waals surface area contributed by atoms with E-state index in [9.17, 15) is 10.2 Å². The minimum Gasteiger partial charge on any atom is -0.507 e. The maximum absolute atomic E-state index is 10.9. The normalized spacial score (nSPS) is 12.1. The van der Waals surface area contributed by atoms with Crippen molar-refractivity contribution in [2.45, 2.75) is 12.7 Å². The van der Waals surface area contributed by atoms with Crippen LogP contribution in [0.4, 0.5) is 0 Å². The Morgan fingerprint density at radius 2 is 1.09 bits per heavy atom. The van der Waals surface area contributed by atoms with Gasteiger partial charge in [0.15, 0.2) is 0 Å². The molecule has 214 valence electrons. The Morgan fingerprint density at radius 3 is 1.56 bits per heavy atom. The van der Waals surface area contributed by atoms with Crippen LogP contribution in [-0.2, 0) is 11.3 Å². The van der Waals surface area contributed by atoms with Crippen molar-refractivity contribution < 1.29 is 14.9 Å². The highest BCUT2D eigenvalue weighted by Crippen LogP contribution is 2.32. The summed E-state index contributed by atoms with van der Waals surface area (Å²) in [5.41, 5.74) is 6.72. The van der Waals surface area contributed by atoms with Crippen LogP contribution >= 0.6 is 0 Å². The van der Waals surface area contributed by atoms with E-state index in [0.29, 0.717) is 30.8 Å². The molecule has 5 heteroatoms. The zero-order valence-corrected chi connectivity index (χ0v) is 23.9. The lowest BCUT2D eigenvalue weighted by Crippen LogP contribution is -2.20. The second kappa shape index (κ2) is 14.6. The van der Waals surface area contributed by atoms with Crippen molar-refractivity contribution in [1.29, 1.82) is 0 Å². The third kappa shape index (κ3) is 7.73. The van der Waals surface area contributed by atoms with Gasteiger partial charge in [0.1, 0.15) is 11.5 Å².